The molecule has 1 aliphatic carbocycles. The van der Waals surface area contributed by atoms with Crippen molar-refractivity contribution in [1.29, 1.82) is 0 Å². The van der Waals surface area contributed by atoms with Crippen molar-refractivity contribution < 1.29 is 4.79 Å². The summed E-state index contributed by atoms with van der Waals surface area (Å²) < 4.78 is 1.65. The molecular formula is C11H18N4O. The highest BCUT2D eigenvalue weighted by atomic mass is 16.2. The number of hydrogen-bond donors (Lipinski definition) is 2. The number of aromatic nitrogens is 2. The fraction of sp³-hybridized carbons (Fsp3) is 0.636. The van der Waals surface area contributed by atoms with Crippen molar-refractivity contribution in [1.82, 2.24) is 9.78 Å². The van der Waals surface area contributed by atoms with Crippen LogP contribution in [-0.4, -0.2) is 21.7 Å². The van der Waals surface area contributed by atoms with Crippen LogP contribution in [0.25, 0.3) is 0 Å². The monoisotopic (exact) mass is 222 g/mol. The molecule has 5 nitrogen and oxygen atoms in total. The number of nitrogens with zero attached hydrogens (tertiary/aromatic N) is 2. The molecule has 2 unspecified atom stereocenters. The van der Waals surface area contributed by atoms with Crippen LogP contribution >= 0.6 is 0 Å². The molecule has 1 aromatic heterocycles. The molecular weight excluding hydrogens is 204 g/mol. The molecule has 0 saturated heterocycles. The number of anilines is 1. The van der Waals surface area contributed by atoms with Gasteiger partial charge in [0.2, 0.25) is 5.91 Å². The highest BCUT2D eigenvalue weighted by molar-refractivity contribution is 5.91. The second kappa shape index (κ2) is 4.65. The Balaban J connectivity index is 1.95. The van der Waals surface area contributed by atoms with Crippen LogP contribution in [0.3, 0.4) is 0 Å². The van der Waals surface area contributed by atoms with Crippen LogP contribution in [-0.2, 0) is 11.8 Å². The molecule has 1 saturated carbocycles. The summed E-state index contributed by atoms with van der Waals surface area (Å²) in [5, 5.41) is 6.89. The van der Waals surface area contributed by atoms with Crippen LogP contribution in [0, 0.1) is 5.92 Å². The van der Waals surface area contributed by atoms with Gasteiger partial charge in [-0.1, -0.05) is 6.42 Å². The Labute approximate surface area is 95.0 Å². The van der Waals surface area contributed by atoms with Gasteiger partial charge in [-0.3, -0.25) is 9.48 Å². The number of aryl methyl sites for hydroxylation is 1. The summed E-state index contributed by atoms with van der Waals surface area (Å²) in [5.74, 6) is 0.863. The topological polar surface area (TPSA) is 72.9 Å². The number of carbonyl (C=O) groups is 1. The summed E-state index contributed by atoms with van der Waals surface area (Å²) >= 11 is 0. The lowest BCUT2D eigenvalue weighted by molar-refractivity contribution is -0.120. The van der Waals surface area contributed by atoms with Gasteiger partial charge < -0.3 is 11.1 Å². The van der Waals surface area contributed by atoms with Gasteiger partial charge in [0.05, 0.1) is 6.20 Å². The van der Waals surface area contributed by atoms with Gasteiger partial charge in [-0.2, -0.15) is 5.10 Å². The highest BCUT2D eigenvalue weighted by Gasteiger charge is 2.25. The third-order valence-electron chi connectivity index (χ3n) is 3.16. The molecule has 88 valence electrons. The van der Waals surface area contributed by atoms with Crippen molar-refractivity contribution in [2.24, 2.45) is 18.7 Å². The van der Waals surface area contributed by atoms with Crippen LogP contribution in [0.5, 0.6) is 0 Å². The van der Waals surface area contributed by atoms with E-state index in [1.807, 2.05) is 7.05 Å². The molecule has 1 aliphatic rings. The number of carbonyl (C=O) groups excluding carboxylic acids is 1. The molecule has 0 radical (unpaired) electrons. The van der Waals surface area contributed by atoms with Gasteiger partial charge in [-0.05, 0) is 19.3 Å². The van der Waals surface area contributed by atoms with Crippen molar-refractivity contribution in [3.63, 3.8) is 0 Å². The summed E-state index contributed by atoms with van der Waals surface area (Å²) in [6.07, 6.45) is 5.49. The Morgan fingerprint density at radius 2 is 2.44 bits per heavy atom. The van der Waals surface area contributed by atoms with Crippen LogP contribution in [0.1, 0.15) is 25.7 Å². The van der Waals surface area contributed by atoms with E-state index in [4.69, 9.17) is 5.73 Å². The SMILES string of the molecule is Cn1nccc1NC(=O)C1CCCC(N)C1. The Hall–Kier alpha value is -1.36. The van der Waals surface area contributed by atoms with E-state index >= 15 is 0 Å². The molecule has 0 aliphatic heterocycles. The van der Waals surface area contributed by atoms with Crippen LogP contribution in [0.4, 0.5) is 5.82 Å². The maximum absolute atomic E-state index is 12.0. The number of nitrogens with one attached hydrogen (secondary N) is 1. The minimum absolute atomic E-state index is 0.0543. The lowest BCUT2D eigenvalue weighted by atomic mass is 9.85. The zero-order chi connectivity index (χ0) is 11.5. The number of nitrogens with two attached hydrogens (primary N) is 1. The molecule has 1 fully saturated rings. The molecule has 0 aromatic carbocycles. The van der Waals surface area contributed by atoms with Gasteiger partial charge in [0.15, 0.2) is 0 Å². The predicted octanol–water partition coefficient (Wildman–Crippen LogP) is 0.876. The largest absolute Gasteiger partial charge is 0.328 e. The van der Waals surface area contributed by atoms with E-state index in [-0.39, 0.29) is 17.9 Å². The quantitative estimate of drug-likeness (QED) is 0.780. The smallest absolute Gasteiger partial charge is 0.228 e. The van der Waals surface area contributed by atoms with E-state index in [1.165, 1.54) is 0 Å². The fourth-order valence-electron chi connectivity index (χ4n) is 2.19. The fourth-order valence-corrected chi connectivity index (χ4v) is 2.19. The molecule has 2 rings (SSSR count). The van der Waals surface area contributed by atoms with Gasteiger partial charge in [-0.15, -0.1) is 0 Å². The molecule has 0 bridgehead atoms. The lowest BCUT2D eigenvalue weighted by Gasteiger charge is -2.25. The first-order valence-corrected chi connectivity index (χ1v) is 5.71. The van der Waals surface area contributed by atoms with Crippen LogP contribution in [0.15, 0.2) is 12.3 Å². The van der Waals surface area contributed by atoms with E-state index in [0.29, 0.717) is 0 Å². The molecule has 2 atom stereocenters. The maximum atomic E-state index is 12.0. The number of hydrogen-bond acceptors (Lipinski definition) is 3. The average Bonchev–Trinajstić information content (AvgIpc) is 2.64. The standard InChI is InChI=1S/C11H18N4O/c1-15-10(5-6-13-15)14-11(16)8-3-2-4-9(12)7-8/h5-6,8-9H,2-4,7,12H2,1H3,(H,14,16). The summed E-state index contributed by atoms with van der Waals surface area (Å²) in [6, 6.07) is 1.97. The van der Waals surface area contributed by atoms with Crippen molar-refractivity contribution in [2.45, 2.75) is 31.7 Å². The van der Waals surface area contributed by atoms with E-state index < -0.39 is 0 Å². The van der Waals surface area contributed by atoms with Gasteiger partial charge in [0.25, 0.3) is 0 Å². The zero-order valence-corrected chi connectivity index (χ0v) is 9.52. The van der Waals surface area contributed by atoms with Crippen molar-refractivity contribution in [3.8, 4) is 0 Å². The van der Waals surface area contributed by atoms with E-state index in [1.54, 1.807) is 16.9 Å². The Morgan fingerprint density at radius 3 is 3.06 bits per heavy atom. The van der Waals surface area contributed by atoms with Gasteiger partial charge in [-0.25, -0.2) is 0 Å². The first kappa shape index (κ1) is 11.1. The summed E-state index contributed by atoms with van der Waals surface area (Å²) in [4.78, 5) is 12.0. The van der Waals surface area contributed by atoms with Crippen molar-refractivity contribution in [3.05, 3.63) is 12.3 Å². The predicted molar refractivity (Wildman–Crippen MR) is 61.8 cm³/mol. The first-order valence-electron chi connectivity index (χ1n) is 5.71. The average molecular weight is 222 g/mol. The first-order chi connectivity index (χ1) is 7.66. The molecule has 5 heteroatoms. The minimum atomic E-state index is 0.0543. The van der Waals surface area contributed by atoms with E-state index in [9.17, 15) is 4.79 Å². The maximum Gasteiger partial charge on any atom is 0.228 e. The third kappa shape index (κ3) is 2.41. The third-order valence-corrected chi connectivity index (χ3v) is 3.16. The minimum Gasteiger partial charge on any atom is -0.328 e. The van der Waals surface area contributed by atoms with Gasteiger partial charge in [0, 0.05) is 25.1 Å². The summed E-state index contributed by atoms with van der Waals surface area (Å²) in [7, 11) is 1.81. The molecule has 16 heavy (non-hydrogen) atoms. The molecule has 0 spiro atoms. The van der Waals surface area contributed by atoms with Crippen molar-refractivity contribution >= 4 is 11.7 Å². The van der Waals surface area contributed by atoms with Crippen molar-refractivity contribution in [2.75, 3.05) is 5.32 Å². The van der Waals surface area contributed by atoms with Crippen LogP contribution in [0.2, 0.25) is 0 Å². The van der Waals surface area contributed by atoms with E-state index in [2.05, 4.69) is 10.4 Å². The number of amides is 1. The molecule has 3 N–H and O–H groups in total. The summed E-state index contributed by atoms with van der Waals surface area (Å²) in [5.41, 5.74) is 5.87. The highest BCUT2D eigenvalue weighted by Crippen LogP contribution is 2.24. The Kier molecular flexibility index (Phi) is 3.24. The zero-order valence-electron chi connectivity index (χ0n) is 9.52. The van der Waals surface area contributed by atoms with Gasteiger partial charge >= 0.3 is 0 Å². The Morgan fingerprint density at radius 1 is 1.62 bits per heavy atom. The van der Waals surface area contributed by atoms with Gasteiger partial charge in [0.1, 0.15) is 5.82 Å². The molecule has 1 heterocycles. The second-order valence-electron chi connectivity index (χ2n) is 4.45. The Bertz CT molecular complexity index is 374. The summed E-state index contributed by atoms with van der Waals surface area (Å²) in [6.45, 7) is 0. The van der Waals surface area contributed by atoms with E-state index in [0.717, 1.165) is 31.5 Å². The molecule has 1 aromatic rings. The molecule has 1 amide bonds. The van der Waals surface area contributed by atoms with Crippen LogP contribution < -0.4 is 11.1 Å². The second-order valence-corrected chi connectivity index (χ2v) is 4.45. The lowest BCUT2D eigenvalue weighted by Crippen LogP contribution is -2.34. The number of rotatable bonds is 2. The normalized spacial score (nSPS) is 25.4.